The van der Waals surface area contributed by atoms with Gasteiger partial charge in [-0.3, -0.25) is 4.79 Å². The Balaban J connectivity index is 2.13. The number of unbranched alkanes of at least 4 members (excludes halogenated alkanes) is 13. The van der Waals surface area contributed by atoms with E-state index >= 15 is 0 Å². The molecule has 0 aliphatic heterocycles. The number of esters is 1. The first-order chi connectivity index (χ1) is 14.1. The van der Waals surface area contributed by atoms with Crippen LogP contribution < -0.4 is 0 Å². The Morgan fingerprint density at radius 1 is 0.793 bits per heavy atom. The lowest BCUT2D eigenvalue weighted by atomic mass is 9.88. The van der Waals surface area contributed by atoms with Crippen molar-refractivity contribution in [2.45, 2.75) is 123 Å². The highest BCUT2D eigenvalue weighted by Crippen LogP contribution is 2.28. The Kier molecular flexibility index (Phi) is 14.6. The van der Waals surface area contributed by atoms with Crippen molar-refractivity contribution in [3.8, 4) is 0 Å². The van der Waals surface area contributed by atoms with Crippen LogP contribution >= 0.6 is 0 Å². The molecule has 166 valence electrons. The van der Waals surface area contributed by atoms with E-state index in [9.17, 15) is 4.79 Å². The Morgan fingerprint density at radius 2 is 1.28 bits per heavy atom. The molecule has 0 aliphatic rings. The number of aryl methyl sites for hydroxylation is 1. The van der Waals surface area contributed by atoms with Gasteiger partial charge < -0.3 is 4.74 Å². The zero-order valence-electron chi connectivity index (χ0n) is 19.7. The largest absolute Gasteiger partial charge is 0.469 e. The average Bonchev–Trinajstić information content (AvgIpc) is 2.73. The molecule has 0 fully saturated rings. The van der Waals surface area contributed by atoms with E-state index in [-0.39, 0.29) is 11.9 Å². The average molecular weight is 403 g/mol. The molecular formula is C27H46O2. The maximum atomic E-state index is 12.3. The number of hydrogen-bond donors (Lipinski definition) is 0. The molecule has 0 N–H and O–H groups in total. The molecule has 2 nitrogen and oxygen atoms in total. The zero-order valence-corrected chi connectivity index (χ0v) is 19.7. The van der Waals surface area contributed by atoms with E-state index in [0.717, 1.165) is 18.4 Å². The molecule has 0 aliphatic carbocycles. The minimum Gasteiger partial charge on any atom is -0.469 e. The van der Waals surface area contributed by atoms with Crippen LogP contribution in [0.15, 0.2) is 18.2 Å². The highest BCUT2D eigenvalue weighted by atomic mass is 16.5. The van der Waals surface area contributed by atoms with E-state index in [2.05, 4.69) is 39.0 Å². The lowest BCUT2D eigenvalue weighted by Crippen LogP contribution is -2.16. The van der Waals surface area contributed by atoms with Crippen LogP contribution in [-0.4, -0.2) is 13.1 Å². The summed E-state index contributed by atoms with van der Waals surface area (Å²) < 4.78 is 5.09. The van der Waals surface area contributed by atoms with Gasteiger partial charge in [0.2, 0.25) is 0 Å². The fourth-order valence-electron chi connectivity index (χ4n) is 4.24. The summed E-state index contributed by atoms with van der Waals surface area (Å²) in [6.45, 7) is 6.51. The summed E-state index contributed by atoms with van der Waals surface area (Å²) in [7, 11) is 1.51. The standard InChI is InChI=1S/C27H46O2/c1-5-6-7-8-9-10-11-12-13-14-15-16-17-18-21-26(27(28)29-4)25-22-19-20-23(2)24(25)3/h19-20,22,26H,5-18,21H2,1-4H3. The van der Waals surface area contributed by atoms with Crippen LogP contribution in [0.3, 0.4) is 0 Å². The van der Waals surface area contributed by atoms with Crippen LogP contribution in [0, 0.1) is 13.8 Å². The highest BCUT2D eigenvalue weighted by Gasteiger charge is 2.22. The van der Waals surface area contributed by atoms with Crippen molar-refractivity contribution >= 4 is 5.97 Å². The predicted octanol–water partition coefficient (Wildman–Crippen LogP) is 8.43. The summed E-state index contributed by atoms with van der Waals surface area (Å²) >= 11 is 0. The van der Waals surface area contributed by atoms with Gasteiger partial charge >= 0.3 is 5.97 Å². The Bertz CT molecular complexity index is 549. The maximum absolute atomic E-state index is 12.3. The summed E-state index contributed by atoms with van der Waals surface area (Å²) in [5.41, 5.74) is 3.62. The van der Waals surface area contributed by atoms with Crippen molar-refractivity contribution in [3.05, 3.63) is 34.9 Å². The van der Waals surface area contributed by atoms with Gasteiger partial charge in [0.05, 0.1) is 13.0 Å². The summed E-state index contributed by atoms with van der Waals surface area (Å²) in [6, 6.07) is 6.26. The Labute approximate surface area is 180 Å². The van der Waals surface area contributed by atoms with Crippen LogP contribution in [0.5, 0.6) is 0 Å². The van der Waals surface area contributed by atoms with Gasteiger partial charge in [-0.25, -0.2) is 0 Å². The number of benzene rings is 1. The molecule has 1 aromatic rings. The molecule has 29 heavy (non-hydrogen) atoms. The van der Waals surface area contributed by atoms with Crippen LogP contribution in [0.25, 0.3) is 0 Å². The van der Waals surface area contributed by atoms with E-state index in [0.29, 0.717) is 0 Å². The second-order valence-electron chi connectivity index (χ2n) is 8.75. The molecule has 0 saturated heterocycles. The Hall–Kier alpha value is -1.31. The topological polar surface area (TPSA) is 26.3 Å². The van der Waals surface area contributed by atoms with Gasteiger partial charge in [0.15, 0.2) is 0 Å². The number of carbonyl (C=O) groups excluding carboxylic acids is 1. The molecule has 2 heteroatoms. The minimum absolute atomic E-state index is 0.0894. The van der Waals surface area contributed by atoms with Crippen molar-refractivity contribution < 1.29 is 9.53 Å². The zero-order chi connectivity index (χ0) is 21.3. The van der Waals surface area contributed by atoms with E-state index in [1.54, 1.807) is 0 Å². The molecule has 0 bridgehead atoms. The minimum atomic E-state index is -0.114. The molecule has 1 rings (SSSR count). The number of ether oxygens (including phenoxy) is 1. The maximum Gasteiger partial charge on any atom is 0.313 e. The smallest absolute Gasteiger partial charge is 0.313 e. The normalized spacial score (nSPS) is 12.1. The van der Waals surface area contributed by atoms with Gasteiger partial charge in [0.25, 0.3) is 0 Å². The molecule has 1 atom stereocenters. The van der Waals surface area contributed by atoms with Gasteiger partial charge in [-0.2, -0.15) is 0 Å². The van der Waals surface area contributed by atoms with E-state index in [1.807, 2.05) is 0 Å². The van der Waals surface area contributed by atoms with Crippen molar-refractivity contribution in [2.24, 2.45) is 0 Å². The summed E-state index contributed by atoms with van der Waals surface area (Å²) in [6.07, 6.45) is 19.9. The number of methoxy groups -OCH3 is 1. The first kappa shape index (κ1) is 25.7. The third kappa shape index (κ3) is 10.9. The summed E-state index contributed by atoms with van der Waals surface area (Å²) in [5, 5.41) is 0. The van der Waals surface area contributed by atoms with Gasteiger partial charge in [-0.15, -0.1) is 0 Å². The third-order valence-corrected chi connectivity index (χ3v) is 6.35. The van der Waals surface area contributed by atoms with Crippen LogP contribution in [0.4, 0.5) is 0 Å². The van der Waals surface area contributed by atoms with E-state index < -0.39 is 0 Å². The lowest BCUT2D eigenvalue weighted by Gasteiger charge is -2.18. The van der Waals surface area contributed by atoms with Crippen molar-refractivity contribution in [1.82, 2.24) is 0 Å². The highest BCUT2D eigenvalue weighted by molar-refractivity contribution is 5.78. The first-order valence-corrected chi connectivity index (χ1v) is 12.3. The van der Waals surface area contributed by atoms with Gasteiger partial charge in [-0.1, -0.05) is 115 Å². The molecular weight excluding hydrogens is 356 g/mol. The number of rotatable bonds is 17. The molecule has 0 spiro atoms. The summed E-state index contributed by atoms with van der Waals surface area (Å²) in [4.78, 5) is 12.3. The van der Waals surface area contributed by atoms with E-state index in [4.69, 9.17) is 4.74 Å². The van der Waals surface area contributed by atoms with Gasteiger partial charge in [0, 0.05) is 0 Å². The van der Waals surface area contributed by atoms with E-state index in [1.165, 1.54) is 102 Å². The molecule has 0 amide bonds. The molecule has 1 aromatic carbocycles. The quantitative estimate of drug-likeness (QED) is 0.193. The Morgan fingerprint density at radius 3 is 1.76 bits per heavy atom. The SMILES string of the molecule is CCCCCCCCCCCCCCCCC(C(=O)OC)c1cccc(C)c1C. The van der Waals surface area contributed by atoms with Gasteiger partial charge in [-0.05, 0) is 37.0 Å². The van der Waals surface area contributed by atoms with Crippen molar-refractivity contribution in [3.63, 3.8) is 0 Å². The van der Waals surface area contributed by atoms with Crippen molar-refractivity contribution in [2.75, 3.05) is 7.11 Å². The second kappa shape index (κ2) is 16.5. The fourth-order valence-corrected chi connectivity index (χ4v) is 4.24. The predicted molar refractivity (Wildman–Crippen MR) is 126 cm³/mol. The van der Waals surface area contributed by atoms with Crippen LogP contribution in [-0.2, 0) is 9.53 Å². The number of carbonyl (C=O) groups is 1. The van der Waals surface area contributed by atoms with Crippen LogP contribution in [0.1, 0.15) is 126 Å². The third-order valence-electron chi connectivity index (χ3n) is 6.35. The second-order valence-corrected chi connectivity index (χ2v) is 8.75. The number of hydrogen-bond acceptors (Lipinski definition) is 2. The van der Waals surface area contributed by atoms with Crippen LogP contribution in [0.2, 0.25) is 0 Å². The first-order valence-electron chi connectivity index (χ1n) is 12.3. The molecule has 0 aromatic heterocycles. The molecule has 0 heterocycles. The lowest BCUT2D eigenvalue weighted by molar-refractivity contribution is -0.142. The molecule has 0 radical (unpaired) electrons. The summed E-state index contributed by atoms with van der Waals surface area (Å²) in [5.74, 6) is -0.203. The molecule has 1 unspecified atom stereocenters. The monoisotopic (exact) mass is 402 g/mol. The van der Waals surface area contributed by atoms with Crippen molar-refractivity contribution in [1.29, 1.82) is 0 Å². The van der Waals surface area contributed by atoms with Gasteiger partial charge in [0.1, 0.15) is 0 Å². The fraction of sp³-hybridized carbons (Fsp3) is 0.741. The molecule has 0 saturated carbocycles.